The number of para-hydroxylation sites is 1. The largest absolute Gasteiger partial charge is 0.423 e. The topological polar surface area (TPSA) is 43.4 Å². The Morgan fingerprint density at radius 2 is 1.77 bits per heavy atom. The monoisotopic (exact) mass is 348 g/mol. The zero-order valence-corrected chi connectivity index (χ0v) is 15.1. The van der Waals surface area contributed by atoms with E-state index >= 15 is 0 Å². The maximum atomic E-state index is 12.4. The van der Waals surface area contributed by atoms with Gasteiger partial charge in [-0.15, -0.1) is 0 Å². The number of ketones is 1. The Labute approximate surface area is 155 Å². The highest BCUT2D eigenvalue weighted by Crippen LogP contribution is 2.20. The van der Waals surface area contributed by atoms with Crippen LogP contribution in [0.3, 0.4) is 0 Å². The fraction of sp³-hybridized carbons (Fsp3) is 0.217. The number of unbranched alkanes of at least 4 members (excludes halogenated alkanes) is 2. The molecule has 0 heterocycles. The summed E-state index contributed by atoms with van der Waals surface area (Å²) in [4.78, 5) is 23.8. The van der Waals surface area contributed by atoms with Crippen LogP contribution < -0.4 is 4.74 Å². The molecular formula is C23H24O3. The molecule has 0 aliphatic rings. The van der Waals surface area contributed by atoms with Crippen molar-refractivity contribution >= 4 is 17.8 Å². The first-order chi connectivity index (χ1) is 12.6. The van der Waals surface area contributed by atoms with Gasteiger partial charge in [-0.25, -0.2) is 4.79 Å². The molecular weight excluding hydrogens is 324 g/mol. The second-order valence-electron chi connectivity index (χ2n) is 6.01. The molecule has 26 heavy (non-hydrogen) atoms. The molecule has 2 rings (SSSR count). The summed E-state index contributed by atoms with van der Waals surface area (Å²) in [5.41, 5.74) is 2.55. The van der Waals surface area contributed by atoms with E-state index in [2.05, 4.69) is 13.5 Å². The summed E-state index contributed by atoms with van der Waals surface area (Å²) in [6.45, 7) is 5.57. The Bertz CT molecular complexity index is 785. The lowest BCUT2D eigenvalue weighted by Gasteiger charge is -2.05. The van der Waals surface area contributed by atoms with E-state index in [1.165, 1.54) is 30.9 Å². The Morgan fingerprint density at radius 3 is 2.46 bits per heavy atom. The number of hydrogen-bond donors (Lipinski definition) is 0. The Balaban J connectivity index is 2.05. The number of carbonyl (C=O) groups is 2. The van der Waals surface area contributed by atoms with E-state index in [1.54, 1.807) is 24.3 Å². The molecule has 0 fully saturated rings. The first-order valence-corrected chi connectivity index (χ1v) is 8.88. The number of hydrogen-bond acceptors (Lipinski definition) is 3. The highest BCUT2D eigenvalue weighted by Gasteiger charge is 2.06. The highest BCUT2D eigenvalue weighted by molar-refractivity contribution is 6.07. The molecule has 3 heteroatoms. The summed E-state index contributed by atoms with van der Waals surface area (Å²) in [5, 5.41) is 0. The van der Waals surface area contributed by atoms with Gasteiger partial charge in [-0.3, -0.25) is 4.79 Å². The molecule has 0 unspecified atom stereocenters. The predicted octanol–water partition coefficient (Wildman–Crippen LogP) is 5.41. The summed E-state index contributed by atoms with van der Waals surface area (Å²) < 4.78 is 5.18. The van der Waals surface area contributed by atoms with Gasteiger partial charge in [0.1, 0.15) is 5.75 Å². The van der Waals surface area contributed by atoms with Gasteiger partial charge in [0.05, 0.1) is 0 Å². The number of esters is 1. The van der Waals surface area contributed by atoms with Crippen LogP contribution in [-0.4, -0.2) is 11.8 Å². The fourth-order valence-corrected chi connectivity index (χ4v) is 2.54. The van der Waals surface area contributed by atoms with Gasteiger partial charge >= 0.3 is 5.97 Å². The summed E-state index contributed by atoms with van der Waals surface area (Å²) in [5.74, 6) is -0.224. The minimum absolute atomic E-state index is 0.0880. The average molecular weight is 348 g/mol. The van der Waals surface area contributed by atoms with Gasteiger partial charge in [-0.2, -0.15) is 0 Å². The lowest BCUT2D eigenvalue weighted by molar-refractivity contribution is -0.128. The van der Waals surface area contributed by atoms with Crippen molar-refractivity contribution in [3.8, 4) is 5.75 Å². The van der Waals surface area contributed by atoms with Gasteiger partial charge in [-0.1, -0.05) is 68.8 Å². The molecule has 0 aromatic heterocycles. The maximum Gasteiger partial charge on any atom is 0.335 e. The van der Waals surface area contributed by atoms with E-state index < -0.39 is 5.97 Å². The Kier molecular flexibility index (Phi) is 7.56. The highest BCUT2D eigenvalue weighted by atomic mass is 16.5. The van der Waals surface area contributed by atoms with Crippen LogP contribution in [0, 0.1) is 0 Å². The number of benzene rings is 2. The van der Waals surface area contributed by atoms with E-state index in [0.717, 1.165) is 12.5 Å². The molecule has 0 aliphatic heterocycles. The Morgan fingerprint density at radius 1 is 1.04 bits per heavy atom. The molecule has 3 nitrogen and oxygen atoms in total. The number of rotatable bonds is 9. The molecule has 2 aromatic carbocycles. The first kappa shape index (κ1) is 19.4. The molecule has 0 amide bonds. The molecule has 0 saturated carbocycles. The number of ether oxygens (including phenoxy) is 1. The van der Waals surface area contributed by atoms with Gasteiger partial charge in [0.15, 0.2) is 5.78 Å². The molecule has 0 N–H and O–H groups in total. The van der Waals surface area contributed by atoms with Crippen LogP contribution >= 0.6 is 0 Å². The third-order valence-electron chi connectivity index (χ3n) is 4.02. The Hall–Kier alpha value is -2.94. The van der Waals surface area contributed by atoms with Crippen molar-refractivity contribution in [3.63, 3.8) is 0 Å². The second kappa shape index (κ2) is 10.1. The summed E-state index contributed by atoms with van der Waals surface area (Å²) in [6, 6.07) is 14.8. The van der Waals surface area contributed by atoms with Crippen LogP contribution in [0.25, 0.3) is 6.08 Å². The fourth-order valence-electron chi connectivity index (χ4n) is 2.54. The predicted molar refractivity (Wildman–Crippen MR) is 105 cm³/mol. The van der Waals surface area contributed by atoms with Crippen molar-refractivity contribution in [2.75, 3.05) is 0 Å². The van der Waals surface area contributed by atoms with E-state index in [-0.39, 0.29) is 5.78 Å². The van der Waals surface area contributed by atoms with Crippen molar-refractivity contribution in [3.05, 3.63) is 84.0 Å². The van der Waals surface area contributed by atoms with Crippen molar-refractivity contribution in [1.29, 1.82) is 0 Å². The van der Waals surface area contributed by atoms with Crippen LogP contribution in [0.2, 0.25) is 0 Å². The third-order valence-corrected chi connectivity index (χ3v) is 4.02. The van der Waals surface area contributed by atoms with Gasteiger partial charge < -0.3 is 4.74 Å². The van der Waals surface area contributed by atoms with Crippen LogP contribution in [0.1, 0.15) is 47.7 Å². The molecule has 2 aromatic rings. The number of allylic oxidation sites excluding steroid dienone is 1. The molecule has 0 spiro atoms. The zero-order valence-electron chi connectivity index (χ0n) is 15.1. The zero-order chi connectivity index (χ0) is 18.8. The molecule has 0 radical (unpaired) electrons. The second-order valence-corrected chi connectivity index (χ2v) is 6.01. The van der Waals surface area contributed by atoms with Gasteiger partial charge in [0.2, 0.25) is 0 Å². The number of carbonyl (C=O) groups excluding carboxylic acids is 2. The molecule has 0 atom stereocenters. The third kappa shape index (κ3) is 5.85. The van der Waals surface area contributed by atoms with Crippen LogP contribution in [0.4, 0.5) is 0 Å². The van der Waals surface area contributed by atoms with E-state index in [9.17, 15) is 9.59 Å². The average Bonchev–Trinajstić information content (AvgIpc) is 2.67. The van der Waals surface area contributed by atoms with Crippen LogP contribution in [-0.2, 0) is 11.2 Å². The standard InChI is InChI=1S/C23H24O3/c1-3-5-6-9-18-12-14-19(15-13-18)21(24)17-16-20-10-7-8-11-22(20)26-23(25)4-2/h4,7-8,10-17H,2-3,5-6,9H2,1H3. The minimum atomic E-state index is -0.532. The van der Waals surface area contributed by atoms with Gasteiger partial charge in [-0.05, 0) is 36.6 Å². The summed E-state index contributed by atoms with van der Waals surface area (Å²) in [7, 11) is 0. The summed E-state index contributed by atoms with van der Waals surface area (Å²) in [6.07, 6.45) is 8.89. The number of aryl methyl sites for hydroxylation is 1. The normalized spacial score (nSPS) is 10.7. The quantitative estimate of drug-likeness (QED) is 0.200. The van der Waals surface area contributed by atoms with E-state index in [4.69, 9.17) is 4.74 Å². The van der Waals surface area contributed by atoms with E-state index in [0.29, 0.717) is 16.9 Å². The van der Waals surface area contributed by atoms with Crippen LogP contribution in [0.5, 0.6) is 5.75 Å². The van der Waals surface area contributed by atoms with Crippen molar-refractivity contribution < 1.29 is 14.3 Å². The first-order valence-electron chi connectivity index (χ1n) is 8.88. The van der Waals surface area contributed by atoms with Gasteiger partial charge in [0.25, 0.3) is 0 Å². The molecule has 134 valence electrons. The molecule has 0 aliphatic carbocycles. The smallest absolute Gasteiger partial charge is 0.335 e. The van der Waals surface area contributed by atoms with Crippen molar-refractivity contribution in [2.45, 2.75) is 32.6 Å². The molecule has 0 bridgehead atoms. The lowest BCUT2D eigenvalue weighted by Crippen LogP contribution is -2.04. The lowest BCUT2D eigenvalue weighted by atomic mass is 10.0. The van der Waals surface area contributed by atoms with Crippen molar-refractivity contribution in [1.82, 2.24) is 0 Å². The van der Waals surface area contributed by atoms with Crippen LogP contribution in [0.15, 0.2) is 67.3 Å². The maximum absolute atomic E-state index is 12.4. The van der Waals surface area contributed by atoms with Crippen molar-refractivity contribution in [2.24, 2.45) is 0 Å². The van der Waals surface area contributed by atoms with Gasteiger partial charge in [0, 0.05) is 17.2 Å². The summed E-state index contributed by atoms with van der Waals surface area (Å²) >= 11 is 0. The van der Waals surface area contributed by atoms with E-state index in [1.807, 2.05) is 30.3 Å². The molecule has 0 saturated heterocycles. The minimum Gasteiger partial charge on any atom is -0.423 e. The SMILES string of the molecule is C=CC(=O)Oc1ccccc1C=CC(=O)c1ccc(CCCCC)cc1.